The van der Waals surface area contributed by atoms with Crippen LogP contribution in [0.5, 0.6) is 0 Å². The maximum Gasteiger partial charge on any atom is 0.276 e. The van der Waals surface area contributed by atoms with E-state index in [2.05, 4.69) is 27.5 Å². The van der Waals surface area contributed by atoms with Crippen molar-refractivity contribution in [1.82, 2.24) is 20.0 Å². The number of H-pyrrole nitrogens is 1. The first-order chi connectivity index (χ1) is 11.6. The number of aryl methyl sites for hydroxylation is 1. The first-order valence-corrected chi connectivity index (χ1v) is 7.76. The number of nitrogens with zero attached hydrogens (tertiary/aromatic N) is 3. The summed E-state index contributed by atoms with van der Waals surface area (Å²) in [7, 11) is 0. The molecular weight excluding hydrogens is 309 g/mol. The van der Waals surface area contributed by atoms with Gasteiger partial charge in [0.05, 0.1) is 18.4 Å². The number of halogens is 1. The summed E-state index contributed by atoms with van der Waals surface area (Å²) < 4.78 is 14.6. The van der Waals surface area contributed by atoms with Crippen LogP contribution in [0.2, 0.25) is 0 Å². The van der Waals surface area contributed by atoms with E-state index in [1.807, 2.05) is 0 Å². The van der Waals surface area contributed by atoms with Crippen LogP contribution in [0.25, 0.3) is 0 Å². The van der Waals surface area contributed by atoms with Gasteiger partial charge in [-0.25, -0.2) is 4.39 Å². The number of amides is 1. The molecule has 6 nitrogen and oxygen atoms in total. The first kappa shape index (κ1) is 15.9. The van der Waals surface area contributed by atoms with Gasteiger partial charge in [0, 0.05) is 11.9 Å². The molecule has 0 aliphatic rings. The quantitative estimate of drug-likeness (QED) is 0.731. The van der Waals surface area contributed by atoms with Crippen LogP contribution in [0, 0.1) is 5.82 Å². The Kier molecular flexibility index (Phi) is 4.69. The number of hydrogen-bond acceptors (Lipinski definition) is 3. The Morgan fingerprint density at radius 3 is 2.88 bits per heavy atom. The molecule has 124 valence electrons. The molecule has 2 aromatic heterocycles. The molecule has 24 heavy (non-hydrogen) atoms. The van der Waals surface area contributed by atoms with Crippen LogP contribution in [0.4, 0.5) is 10.1 Å². The largest absolute Gasteiger partial charge is 0.318 e. The number of aromatic nitrogens is 4. The van der Waals surface area contributed by atoms with Crippen LogP contribution in [0.3, 0.4) is 0 Å². The molecule has 0 saturated heterocycles. The van der Waals surface area contributed by atoms with Gasteiger partial charge in [-0.2, -0.15) is 10.2 Å². The maximum atomic E-state index is 12.9. The Hall–Kier alpha value is -2.96. The number of carbonyl (C=O) groups excluding carboxylic acids is 1. The highest BCUT2D eigenvalue weighted by Crippen LogP contribution is 2.11. The second-order valence-electron chi connectivity index (χ2n) is 5.54. The minimum absolute atomic E-state index is 0.270. The van der Waals surface area contributed by atoms with Gasteiger partial charge in [-0.1, -0.05) is 25.5 Å². The van der Waals surface area contributed by atoms with E-state index in [1.54, 1.807) is 35.3 Å². The third kappa shape index (κ3) is 3.87. The molecule has 0 bridgehead atoms. The summed E-state index contributed by atoms with van der Waals surface area (Å²) in [6.07, 6.45) is 5.14. The number of carbonyl (C=O) groups is 1. The Morgan fingerprint density at radius 2 is 2.12 bits per heavy atom. The first-order valence-electron chi connectivity index (χ1n) is 7.76. The smallest absolute Gasteiger partial charge is 0.276 e. The Bertz CT molecular complexity index is 822. The monoisotopic (exact) mass is 327 g/mol. The van der Waals surface area contributed by atoms with Gasteiger partial charge in [-0.15, -0.1) is 0 Å². The SMILES string of the molecule is CCCc1cc(C(=O)Nc2cnn(Cc3ccc(F)cc3)c2)n[nH]1. The number of anilines is 1. The summed E-state index contributed by atoms with van der Waals surface area (Å²) in [6, 6.07) is 7.98. The van der Waals surface area contributed by atoms with E-state index in [1.165, 1.54) is 12.1 Å². The molecule has 3 rings (SSSR count). The molecule has 1 amide bonds. The molecule has 0 unspecified atom stereocenters. The van der Waals surface area contributed by atoms with E-state index in [9.17, 15) is 9.18 Å². The zero-order valence-corrected chi connectivity index (χ0v) is 13.3. The van der Waals surface area contributed by atoms with Crippen molar-refractivity contribution in [3.05, 3.63) is 65.5 Å². The van der Waals surface area contributed by atoms with Gasteiger partial charge in [0.1, 0.15) is 5.82 Å². The molecule has 2 N–H and O–H groups in total. The molecule has 7 heteroatoms. The predicted molar refractivity (Wildman–Crippen MR) is 88.3 cm³/mol. The van der Waals surface area contributed by atoms with Crippen LogP contribution >= 0.6 is 0 Å². The Balaban J connectivity index is 1.62. The number of nitrogens with one attached hydrogen (secondary N) is 2. The van der Waals surface area contributed by atoms with Gasteiger partial charge in [-0.3, -0.25) is 14.6 Å². The summed E-state index contributed by atoms with van der Waals surface area (Å²) >= 11 is 0. The van der Waals surface area contributed by atoms with E-state index in [4.69, 9.17) is 0 Å². The minimum Gasteiger partial charge on any atom is -0.318 e. The van der Waals surface area contributed by atoms with Gasteiger partial charge in [-0.05, 0) is 30.2 Å². The summed E-state index contributed by atoms with van der Waals surface area (Å²) in [5.74, 6) is -0.552. The van der Waals surface area contributed by atoms with Crippen molar-refractivity contribution < 1.29 is 9.18 Å². The van der Waals surface area contributed by atoms with E-state index in [-0.39, 0.29) is 11.7 Å². The molecule has 0 aliphatic heterocycles. The molecule has 3 aromatic rings. The van der Waals surface area contributed by atoms with Crippen molar-refractivity contribution in [2.24, 2.45) is 0 Å². The topological polar surface area (TPSA) is 75.6 Å². The highest BCUT2D eigenvalue weighted by Gasteiger charge is 2.11. The Labute approximate surface area is 138 Å². The zero-order chi connectivity index (χ0) is 16.9. The van der Waals surface area contributed by atoms with Gasteiger partial charge in [0.25, 0.3) is 5.91 Å². The predicted octanol–water partition coefficient (Wildman–Crippen LogP) is 3.00. The van der Waals surface area contributed by atoms with E-state index >= 15 is 0 Å². The maximum absolute atomic E-state index is 12.9. The molecular formula is C17H18FN5O. The highest BCUT2D eigenvalue weighted by atomic mass is 19.1. The summed E-state index contributed by atoms with van der Waals surface area (Å²) in [4.78, 5) is 12.2. The normalized spacial score (nSPS) is 10.8. The van der Waals surface area contributed by atoms with Crippen molar-refractivity contribution in [3.8, 4) is 0 Å². The third-order valence-corrected chi connectivity index (χ3v) is 3.53. The third-order valence-electron chi connectivity index (χ3n) is 3.53. The fraction of sp³-hybridized carbons (Fsp3) is 0.235. The average Bonchev–Trinajstić information content (AvgIpc) is 3.20. The number of aromatic amines is 1. The lowest BCUT2D eigenvalue weighted by atomic mass is 10.2. The van der Waals surface area contributed by atoms with E-state index in [0.717, 1.165) is 24.1 Å². The summed E-state index contributed by atoms with van der Waals surface area (Å²) in [5, 5.41) is 13.8. The molecule has 0 saturated carbocycles. The van der Waals surface area contributed by atoms with Gasteiger partial charge >= 0.3 is 0 Å². The molecule has 2 heterocycles. The zero-order valence-electron chi connectivity index (χ0n) is 13.3. The fourth-order valence-corrected chi connectivity index (χ4v) is 2.36. The fourth-order valence-electron chi connectivity index (χ4n) is 2.36. The standard InChI is InChI=1S/C17H18FN5O/c1-2-3-14-8-16(22-21-14)17(24)20-15-9-19-23(11-15)10-12-4-6-13(18)7-5-12/h4-9,11H,2-3,10H2,1H3,(H,20,24)(H,21,22). The molecule has 0 radical (unpaired) electrons. The van der Waals surface area contributed by atoms with E-state index < -0.39 is 0 Å². The lowest BCUT2D eigenvalue weighted by Gasteiger charge is -2.01. The summed E-state index contributed by atoms with van der Waals surface area (Å²) in [5.41, 5.74) is 2.80. The summed E-state index contributed by atoms with van der Waals surface area (Å²) in [6.45, 7) is 2.56. The van der Waals surface area contributed by atoms with Crippen LogP contribution < -0.4 is 5.32 Å². The molecule has 0 atom stereocenters. The lowest BCUT2D eigenvalue weighted by molar-refractivity contribution is 0.102. The second kappa shape index (κ2) is 7.08. The number of benzene rings is 1. The number of rotatable bonds is 6. The highest BCUT2D eigenvalue weighted by molar-refractivity contribution is 6.02. The number of hydrogen-bond donors (Lipinski definition) is 2. The van der Waals surface area contributed by atoms with Gasteiger partial charge in [0.2, 0.25) is 0 Å². The Morgan fingerprint density at radius 1 is 1.33 bits per heavy atom. The van der Waals surface area contributed by atoms with Crippen molar-refractivity contribution in [1.29, 1.82) is 0 Å². The van der Waals surface area contributed by atoms with Crippen molar-refractivity contribution >= 4 is 11.6 Å². The van der Waals surface area contributed by atoms with Crippen molar-refractivity contribution in [3.63, 3.8) is 0 Å². The van der Waals surface area contributed by atoms with E-state index in [0.29, 0.717) is 17.9 Å². The lowest BCUT2D eigenvalue weighted by Crippen LogP contribution is -2.11. The average molecular weight is 327 g/mol. The minimum atomic E-state index is -0.282. The molecule has 0 spiro atoms. The van der Waals surface area contributed by atoms with Crippen LogP contribution in [-0.4, -0.2) is 25.9 Å². The van der Waals surface area contributed by atoms with Crippen LogP contribution in [0.15, 0.2) is 42.7 Å². The van der Waals surface area contributed by atoms with Crippen LogP contribution in [0.1, 0.15) is 35.1 Å². The van der Waals surface area contributed by atoms with Crippen molar-refractivity contribution in [2.45, 2.75) is 26.3 Å². The van der Waals surface area contributed by atoms with Gasteiger partial charge < -0.3 is 5.32 Å². The molecule has 1 aromatic carbocycles. The van der Waals surface area contributed by atoms with Gasteiger partial charge in [0.15, 0.2) is 5.69 Å². The molecule has 0 aliphatic carbocycles. The van der Waals surface area contributed by atoms with Crippen LogP contribution in [-0.2, 0) is 13.0 Å². The molecule has 0 fully saturated rings. The second-order valence-corrected chi connectivity index (χ2v) is 5.54. The van der Waals surface area contributed by atoms with Crippen molar-refractivity contribution in [2.75, 3.05) is 5.32 Å².